The molecule has 1 unspecified atom stereocenters. The zero-order valence-corrected chi connectivity index (χ0v) is 11.0. The second-order valence-corrected chi connectivity index (χ2v) is 4.74. The molecule has 17 heavy (non-hydrogen) atoms. The second kappa shape index (κ2) is 5.15. The van der Waals surface area contributed by atoms with Crippen molar-refractivity contribution in [1.29, 1.82) is 0 Å². The molecule has 0 saturated carbocycles. The average molecular weight is 274 g/mol. The molecule has 0 aromatic heterocycles. The Kier molecular flexibility index (Phi) is 3.79. The fourth-order valence-electron chi connectivity index (χ4n) is 2.02. The summed E-state index contributed by atoms with van der Waals surface area (Å²) in [6.07, 6.45) is 0.470. The lowest BCUT2D eigenvalue weighted by Gasteiger charge is -2.20. The number of alkyl halides is 1. The first kappa shape index (κ1) is 12.5. The highest BCUT2D eigenvalue weighted by Gasteiger charge is 2.32. The summed E-state index contributed by atoms with van der Waals surface area (Å²) < 4.78 is 5.24. The SMILES string of the molecule is COc1cccc(Cl)c1N1CC(CCl)CC1=O. The molecule has 1 atom stereocenters. The van der Waals surface area contributed by atoms with Crippen molar-refractivity contribution in [1.82, 2.24) is 0 Å². The van der Waals surface area contributed by atoms with E-state index in [1.807, 2.05) is 0 Å². The molecule has 1 heterocycles. The third-order valence-corrected chi connectivity index (χ3v) is 3.60. The van der Waals surface area contributed by atoms with E-state index >= 15 is 0 Å². The van der Waals surface area contributed by atoms with Crippen molar-refractivity contribution in [2.45, 2.75) is 6.42 Å². The number of amides is 1. The van der Waals surface area contributed by atoms with Crippen molar-refractivity contribution < 1.29 is 9.53 Å². The highest BCUT2D eigenvalue weighted by Crippen LogP contribution is 2.38. The smallest absolute Gasteiger partial charge is 0.227 e. The van der Waals surface area contributed by atoms with Crippen molar-refractivity contribution in [3.8, 4) is 5.75 Å². The van der Waals surface area contributed by atoms with Crippen molar-refractivity contribution in [2.75, 3.05) is 24.4 Å². The summed E-state index contributed by atoms with van der Waals surface area (Å²) >= 11 is 11.9. The van der Waals surface area contributed by atoms with Crippen LogP contribution in [0, 0.1) is 5.92 Å². The van der Waals surface area contributed by atoms with Crippen molar-refractivity contribution in [3.05, 3.63) is 23.2 Å². The number of hydrogen-bond donors (Lipinski definition) is 0. The van der Waals surface area contributed by atoms with E-state index in [1.54, 1.807) is 30.2 Å². The Morgan fingerprint density at radius 3 is 2.88 bits per heavy atom. The van der Waals surface area contributed by atoms with E-state index in [-0.39, 0.29) is 11.8 Å². The number of ether oxygens (including phenoxy) is 1. The molecule has 2 rings (SSSR count). The van der Waals surface area contributed by atoms with Crippen LogP contribution in [0.3, 0.4) is 0 Å². The Labute approximate surface area is 110 Å². The minimum Gasteiger partial charge on any atom is -0.495 e. The van der Waals surface area contributed by atoms with E-state index in [0.717, 1.165) is 0 Å². The fourth-order valence-corrected chi connectivity index (χ4v) is 2.50. The molecule has 3 nitrogen and oxygen atoms in total. The molecule has 1 amide bonds. The summed E-state index contributed by atoms with van der Waals surface area (Å²) in [5, 5.41) is 0.521. The predicted octanol–water partition coefficient (Wildman–Crippen LogP) is 2.94. The van der Waals surface area contributed by atoms with Crippen LogP contribution < -0.4 is 9.64 Å². The van der Waals surface area contributed by atoms with Gasteiger partial charge < -0.3 is 9.64 Å². The van der Waals surface area contributed by atoms with Crippen molar-refractivity contribution >= 4 is 34.8 Å². The minimum absolute atomic E-state index is 0.0436. The van der Waals surface area contributed by atoms with E-state index < -0.39 is 0 Å². The predicted molar refractivity (Wildman–Crippen MR) is 69.2 cm³/mol. The van der Waals surface area contributed by atoms with Crippen LogP contribution in [-0.4, -0.2) is 25.4 Å². The summed E-state index contributed by atoms with van der Waals surface area (Å²) in [7, 11) is 1.56. The molecule has 0 N–H and O–H groups in total. The molecule has 1 saturated heterocycles. The molecule has 0 spiro atoms. The van der Waals surface area contributed by atoms with Crippen LogP contribution in [0.15, 0.2) is 18.2 Å². The summed E-state index contributed by atoms with van der Waals surface area (Å²) in [5.41, 5.74) is 0.647. The Bertz CT molecular complexity index is 437. The highest BCUT2D eigenvalue weighted by atomic mass is 35.5. The van der Waals surface area contributed by atoms with E-state index in [9.17, 15) is 4.79 Å². The van der Waals surface area contributed by atoms with Gasteiger partial charge >= 0.3 is 0 Å². The van der Waals surface area contributed by atoms with Gasteiger partial charge in [0.2, 0.25) is 5.91 Å². The van der Waals surface area contributed by atoms with Gasteiger partial charge in [0, 0.05) is 18.8 Å². The van der Waals surface area contributed by atoms with Gasteiger partial charge in [-0.1, -0.05) is 17.7 Å². The molecular weight excluding hydrogens is 261 g/mol. The maximum absolute atomic E-state index is 11.9. The first-order valence-electron chi connectivity index (χ1n) is 5.36. The zero-order valence-electron chi connectivity index (χ0n) is 9.45. The standard InChI is InChI=1S/C12H13Cl2NO2/c1-17-10-4-2-3-9(14)12(10)15-7-8(6-13)5-11(15)16/h2-4,8H,5-7H2,1H3. The molecule has 0 radical (unpaired) electrons. The summed E-state index contributed by atoms with van der Waals surface area (Å²) in [5.74, 6) is 1.32. The van der Waals surface area contributed by atoms with Crippen LogP contribution in [-0.2, 0) is 4.79 Å². The van der Waals surface area contributed by atoms with Gasteiger partial charge in [-0.25, -0.2) is 0 Å². The Balaban J connectivity index is 2.37. The fraction of sp³-hybridized carbons (Fsp3) is 0.417. The largest absolute Gasteiger partial charge is 0.495 e. The van der Waals surface area contributed by atoms with Crippen molar-refractivity contribution in [2.24, 2.45) is 5.92 Å². The van der Waals surface area contributed by atoms with Crippen LogP contribution in [0.25, 0.3) is 0 Å². The monoisotopic (exact) mass is 273 g/mol. The van der Waals surface area contributed by atoms with Gasteiger partial charge in [0.25, 0.3) is 0 Å². The van der Waals surface area contributed by atoms with Gasteiger partial charge in [-0.2, -0.15) is 0 Å². The number of rotatable bonds is 3. The van der Waals surface area contributed by atoms with Gasteiger partial charge in [0.1, 0.15) is 11.4 Å². The summed E-state index contributed by atoms with van der Waals surface area (Å²) in [4.78, 5) is 13.6. The van der Waals surface area contributed by atoms with Gasteiger partial charge in [0.15, 0.2) is 0 Å². The summed E-state index contributed by atoms with van der Waals surface area (Å²) in [6.45, 7) is 0.600. The maximum atomic E-state index is 11.9. The first-order chi connectivity index (χ1) is 8.17. The third kappa shape index (κ3) is 2.35. The highest BCUT2D eigenvalue weighted by molar-refractivity contribution is 6.34. The van der Waals surface area contributed by atoms with Gasteiger partial charge in [-0.05, 0) is 18.1 Å². The van der Waals surface area contributed by atoms with Gasteiger partial charge in [0.05, 0.1) is 12.1 Å². The third-order valence-electron chi connectivity index (χ3n) is 2.86. The Hall–Kier alpha value is -0.930. The summed E-state index contributed by atoms with van der Waals surface area (Å²) in [6, 6.07) is 5.34. The Morgan fingerprint density at radius 1 is 1.53 bits per heavy atom. The topological polar surface area (TPSA) is 29.5 Å². The number of methoxy groups -OCH3 is 1. The van der Waals surface area contributed by atoms with Crippen LogP contribution in [0.1, 0.15) is 6.42 Å². The molecule has 1 fully saturated rings. The van der Waals surface area contributed by atoms with E-state index in [4.69, 9.17) is 27.9 Å². The normalized spacial score (nSPS) is 19.8. The van der Waals surface area contributed by atoms with Crippen LogP contribution in [0.2, 0.25) is 5.02 Å². The minimum atomic E-state index is 0.0436. The average Bonchev–Trinajstić information content (AvgIpc) is 2.70. The lowest BCUT2D eigenvalue weighted by molar-refractivity contribution is -0.117. The number of carbonyl (C=O) groups is 1. The number of nitrogens with zero attached hydrogens (tertiary/aromatic N) is 1. The van der Waals surface area contributed by atoms with Crippen LogP contribution in [0.4, 0.5) is 5.69 Å². The number of para-hydroxylation sites is 1. The molecule has 0 aliphatic carbocycles. The first-order valence-corrected chi connectivity index (χ1v) is 6.27. The number of anilines is 1. The lowest BCUT2D eigenvalue weighted by atomic mass is 10.1. The molecule has 1 aromatic carbocycles. The van der Waals surface area contributed by atoms with Gasteiger partial charge in [-0.15, -0.1) is 11.6 Å². The zero-order chi connectivity index (χ0) is 12.4. The lowest BCUT2D eigenvalue weighted by Crippen LogP contribution is -2.25. The molecule has 1 aliphatic rings. The molecule has 1 aromatic rings. The number of halogens is 2. The molecule has 0 bridgehead atoms. The maximum Gasteiger partial charge on any atom is 0.227 e. The molecule has 5 heteroatoms. The Morgan fingerprint density at radius 2 is 2.29 bits per heavy atom. The molecular formula is C12H13Cl2NO2. The quantitative estimate of drug-likeness (QED) is 0.793. The van der Waals surface area contributed by atoms with Gasteiger partial charge in [-0.3, -0.25) is 4.79 Å². The molecule has 1 aliphatic heterocycles. The van der Waals surface area contributed by atoms with Crippen LogP contribution in [0.5, 0.6) is 5.75 Å². The molecule has 92 valence electrons. The van der Waals surface area contributed by atoms with E-state index in [2.05, 4.69) is 0 Å². The second-order valence-electron chi connectivity index (χ2n) is 4.02. The number of hydrogen-bond acceptors (Lipinski definition) is 2. The van der Waals surface area contributed by atoms with E-state index in [0.29, 0.717) is 35.3 Å². The van der Waals surface area contributed by atoms with Crippen molar-refractivity contribution in [3.63, 3.8) is 0 Å². The number of carbonyl (C=O) groups excluding carboxylic acids is 1. The van der Waals surface area contributed by atoms with Crippen LogP contribution >= 0.6 is 23.2 Å². The number of benzene rings is 1. The van der Waals surface area contributed by atoms with E-state index in [1.165, 1.54) is 0 Å².